The highest BCUT2D eigenvalue weighted by atomic mass is 35.5. The third-order valence-electron chi connectivity index (χ3n) is 2.51. The molecule has 0 spiro atoms. The van der Waals surface area contributed by atoms with Crippen LogP contribution in [0.2, 0.25) is 5.02 Å². The highest BCUT2D eigenvalue weighted by molar-refractivity contribution is 7.98. The first-order valence-electron chi connectivity index (χ1n) is 5.52. The maximum atomic E-state index is 6.09. The molecule has 19 heavy (non-hydrogen) atoms. The van der Waals surface area contributed by atoms with Gasteiger partial charge in [-0.05, 0) is 42.7 Å². The number of hydrogen-bond acceptors (Lipinski definition) is 3. The van der Waals surface area contributed by atoms with E-state index < -0.39 is 0 Å². The smallest absolute Gasteiger partial charge is 0.139 e. The zero-order chi connectivity index (χ0) is 13.8. The molecule has 0 heterocycles. The lowest BCUT2D eigenvalue weighted by Crippen LogP contribution is -2.11. The predicted octanol–water partition coefficient (Wildman–Crippen LogP) is 4.49. The molecule has 0 saturated carbocycles. The molecule has 0 aliphatic rings. The second-order valence-corrected chi connectivity index (χ2v) is 5.48. The zero-order valence-corrected chi connectivity index (χ0v) is 12.6. The van der Waals surface area contributed by atoms with Gasteiger partial charge in [-0.15, -0.1) is 11.8 Å². The lowest BCUT2D eigenvalue weighted by atomic mass is 10.2. The van der Waals surface area contributed by atoms with Gasteiger partial charge in [0.05, 0.1) is 10.6 Å². The van der Waals surface area contributed by atoms with Crippen LogP contribution in [0.5, 0.6) is 11.5 Å². The van der Waals surface area contributed by atoms with Crippen molar-refractivity contribution in [1.82, 2.24) is 0 Å². The Morgan fingerprint density at radius 1 is 1.21 bits per heavy atom. The molecule has 98 valence electrons. The van der Waals surface area contributed by atoms with E-state index in [0.717, 1.165) is 5.75 Å². The van der Waals surface area contributed by atoms with E-state index in [1.807, 2.05) is 30.5 Å². The van der Waals surface area contributed by atoms with Crippen molar-refractivity contribution >= 4 is 40.6 Å². The standard InChI is InChI=1S/C14H12ClNOS2/c1-19-10-7-5-9(6-8-10)17-12-4-2-3-11(15)13(12)14(16)18/h2-8H,1H3,(H2,16,18). The summed E-state index contributed by atoms with van der Waals surface area (Å²) in [5.41, 5.74) is 6.24. The average molecular weight is 310 g/mol. The van der Waals surface area contributed by atoms with Crippen LogP contribution in [-0.4, -0.2) is 11.2 Å². The topological polar surface area (TPSA) is 35.2 Å². The van der Waals surface area contributed by atoms with Gasteiger partial charge in [0, 0.05) is 4.90 Å². The van der Waals surface area contributed by atoms with Gasteiger partial charge >= 0.3 is 0 Å². The summed E-state index contributed by atoms with van der Waals surface area (Å²) in [6.45, 7) is 0. The molecule has 0 bridgehead atoms. The minimum atomic E-state index is 0.223. The Morgan fingerprint density at radius 3 is 2.47 bits per heavy atom. The molecule has 2 aromatic rings. The zero-order valence-electron chi connectivity index (χ0n) is 10.2. The number of hydrogen-bond donors (Lipinski definition) is 1. The van der Waals surface area contributed by atoms with Gasteiger partial charge in [-0.1, -0.05) is 29.9 Å². The van der Waals surface area contributed by atoms with Crippen LogP contribution >= 0.6 is 35.6 Å². The number of rotatable bonds is 4. The Kier molecular flexibility index (Phi) is 4.69. The first-order chi connectivity index (χ1) is 9.11. The fourth-order valence-corrected chi connectivity index (χ4v) is 2.54. The second-order valence-electron chi connectivity index (χ2n) is 3.75. The summed E-state index contributed by atoms with van der Waals surface area (Å²) in [7, 11) is 0. The number of ether oxygens (including phenoxy) is 1. The van der Waals surface area contributed by atoms with Crippen LogP contribution < -0.4 is 10.5 Å². The Morgan fingerprint density at radius 2 is 1.89 bits per heavy atom. The van der Waals surface area contributed by atoms with Crippen molar-refractivity contribution in [2.24, 2.45) is 5.73 Å². The summed E-state index contributed by atoms with van der Waals surface area (Å²) in [4.78, 5) is 1.40. The van der Waals surface area contributed by atoms with Crippen molar-refractivity contribution in [3.05, 3.63) is 53.1 Å². The summed E-state index contributed by atoms with van der Waals surface area (Å²) in [5.74, 6) is 1.29. The lowest BCUT2D eigenvalue weighted by Gasteiger charge is -2.11. The van der Waals surface area contributed by atoms with Crippen LogP contribution in [0, 0.1) is 0 Å². The SMILES string of the molecule is CSc1ccc(Oc2cccc(Cl)c2C(N)=S)cc1. The number of thioether (sulfide) groups is 1. The van der Waals surface area contributed by atoms with Crippen molar-refractivity contribution in [3.8, 4) is 11.5 Å². The van der Waals surface area contributed by atoms with Crippen molar-refractivity contribution < 1.29 is 4.74 Å². The van der Waals surface area contributed by atoms with Gasteiger partial charge in [0.2, 0.25) is 0 Å². The van der Waals surface area contributed by atoms with E-state index in [1.165, 1.54) is 4.90 Å². The fourth-order valence-electron chi connectivity index (χ4n) is 1.60. The van der Waals surface area contributed by atoms with Crippen molar-refractivity contribution in [2.45, 2.75) is 4.90 Å². The van der Waals surface area contributed by atoms with E-state index in [1.54, 1.807) is 30.0 Å². The van der Waals surface area contributed by atoms with E-state index in [0.29, 0.717) is 16.3 Å². The Balaban J connectivity index is 2.32. The maximum Gasteiger partial charge on any atom is 0.139 e. The van der Waals surface area contributed by atoms with Crippen molar-refractivity contribution in [1.29, 1.82) is 0 Å². The third-order valence-corrected chi connectivity index (χ3v) is 3.77. The van der Waals surface area contributed by atoms with E-state index >= 15 is 0 Å². The largest absolute Gasteiger partial charge is 0.457 e. The second kappa shape index (κ2) is 6.28. The molecule has 0 amide bonds. The molecule has 2 N–H and O–H groups in total. The first kappa shape index (κ1) is 14.2. The number of halogens is 1. The summed E-state index contributed by atoms with van der Waals surface area (Å²) in [6, 6.07) is 13.1. The van der Waals surface area contributed by atoms with Gasteiger partial charge in [-0.25, -0.2) is 0 Å². The Labute approximate surface area is 126 Å². The number of thiocarbonyl (C=S) groups is 1. The van der Waals surface area contributed by atoms with Gasteiger partial charge in [0.1, 0.15) is 16.5 Å². The van der Waals surface area contributed by atoms with Crippen LogP contribution in [-0.2, 0) is 0 Å². The molecule has 2 rings (SSSR count). The third kappa shape index (κ3) is 3.41. The molecule has 0 fully saturated rings. The molecule has 0 aromatic heterocycles. The van der Waals surface area contributed by atoms with Crippen molar-refractivity contribution in [2.75, 3.05) is 6.26 Å². The molecule has 0 aliphatic heterocycles. The van der Waals surface area contributed by atoms with Crippen LogP contribution in [0.1, 0.15) is 5.56 Å². The van der Waals surface area contributed by atoms with Crippen LogP contribution in [0.4, 0.5) is 0 Å². The minimum absolute atomic E-state index is 0.223. The molecule has 0 atom stereocenters. The van der Waals surface area contributed by atoms with Crippen LogP contribution in [0.3, 0.4) is 0 Å². The molecular weight excluding hydrogens is 298 g/mol. The van der Waals surface area contributed by atoms with E-state index in [4.69, 9.17) is 34.3 Å². The van der Waals surface area contributed by atoms with E-state index in [-0.39, 0.29) is 4.99 Å². The first-order valence-corrected chi connectivity index (χ1v) is 7.53. The highest BCUT2D eigenvalue weighted by Gasteiger charge is 2.11. The Bertz CT molecular complexity index is 599. The molecule has 0 aliphatic carbocycles. The fraction of sp³-hybridized carbons (Fsp3) is 0.0714. The molecule has 2 aromatic carbocycles. The molecule has 2 nitrogen and oxygen atoms in total. The van der Waals surface area contributed by atoms with Gasteiger partial charge in [-0.2, -0.15) is 0 Å². The molecule has 0 unspecified atom stereocenters. The summed E-state index contributed by atoms with van der Waals surface area (Å²) in [6.07, 6.45) is 2.03. The van der Waals surface area contributed by atoms with Gasteiger partial charge in [0.25, 0.3) is 0 Å². The Hall–Kier alpha value is -1.23. The molecular formula is C14H12ClNOS2. The lowest BCUT2D eigenvalue weighted by molar-refractivity contribution is 0.481. The quantitative estimate of drug-likeness (QED) is 0.667. The average Bonchev–Trinajstić information content (AvgIpc) is 2.39. The number of nitrogens with two attached hydrogens (primary N) is 1. The predicted molar refractivity (Wildman–Crippen MR) is 85.6 cm³/mol. The highest BCUT2D eigenvalue weighted by Crippen LogP contribution is 2.31. The maximum absolute atomic E-state index is 6.09. The van der Waals surface area contributed by atoms with Gasteiger partial charge in [0.15, 0.2) is 0 Å². The van der Waals surface area contributed by atoms with Gasteiger partial charge in [-0.3, -0.25) is 0 Å². The monoisotopic (exact) mass is 309 g/mol. The molecule has 0 saturated heterocycles. The summed E-state index contributed by atoms with van der Waals surface area (Å²) in [5, 5.41) is 0.491. The number of benzene rings is 2. The molecule has 5 heteroatoms. The minimum Gasteiger partial charge on any atom is -0.457 e. The van der Waals surface area contributed by atoms with Crippen LogP contribution in [0.25, 0.3) is 0 Å². The van der Waals surface area contributed by atoms with E-state index in [2.05, 4.69) is 0 Å². The van der Waals surface area contributed by atoms with Crippen molar-refractivity contribution in [3.63, 3.8) is 0 Å². The van der Waals surface area contributed by atoms with Crippen LogP contribution in [0.15, 0.2) is 47.4 Å². The normalized spacial score (nSPS) is 10.2. The van der Waals surface area contributed by atoms with E-state index in [9.17, 15) is 0 Å². The summed E-state index contributed by atoms with van der Waals surface area (Å²) >= 11 is 12.8. The molecule has 0 radical (unpaired) electrons. The summed E-state index contributed by atoms with van der Waals surface area (Å²) < 4.78 is 5.79. The van der Waals surface area contributed by atoms with Gasteiger partial charge < -0.3 is 10.5 Å².